The standard InChI is InChI=1S/C52H56F6N6O6/c53-51(54,55)41-7-1-9-43(35-41)61-31-27-59(28-32-61)25-3-5-37-11-15-39(16-12-37)45-19-21-47(65)63(45)69-49(67)23-24-50(68)70-64-46(20-22-48(64)66)40-17-13-38(14-18-40)6-4-26-60-29-33-62(34-30-60)44-10-2-8-42(36-44)52(56,57)58/h1-2,7-18,23-24,35-36,45-46H,3-6,19-22,25-34H2/b24-23+. The van der Waals surface area contributed by atoms with Gasteiger partial charge in [-0.1, -0.05) is 60.7 Å². The van der Waals surface area contributed by atoms with Crippen molar-refractivity contribution in [2.75, 3.05) is 75.2 Å². The second kappa shape index (κ2) is 22.1. The highest BCUT2D eigenvalue weighted by molar-refractivity contribution is 5.93. The number of amides is 2. The van der Waals surface area contributed by atoms with Crippen LogP contribution in [0.3, 0.4) is 0 Å². The topological polar surface area (TPSA) is 106 Å². The molecule has 4 fully saturated rings. The predicted molar refractivity (Wildman–Crippen MR) is 249 cm³/mol. The number of nitrogens with zero attached hydrogens (tertiary/aromatic N) is 6. The number of hydrogen-bond acceptors (Lipinski definition) is 10. The van der Waals surface area contributed by atoms with Crippen molar-refractivity contribution in [3.05, 3.63) is 143 Å². The summed E-state index contributed by atoms with van der Waals surface area (Å²) in [7, 11) is 0. The van der Waals surface area contributed by atoms with E-state index in [9.17, 15) is 45.5 Å². The minimum Gasteiger partial charge on any atom is -0.369 e. The first-order valence-electron chi connectivity index (χ1n) is 23.8. The van der Waals surface area contributed by atoms with E-state index in [2.05, 4.69) is 9.80 Å². The average molecular weight is 975 g/mol. The van der Waals surface area contributed by atoms with Crippen LogP contribution in [0.5, 0.6) is 0 Å². The van der Waals surface area contributed by atoms with Gasteiger partial charge in [0.15, 0.2) is 0 Å². The molecule has 4 heterocycles. The fraction of sp³-hybridized carbons (Fsp3) is 0.423. The molecule has 4 aromatic carbocycles. The Balaban J connectivity index is 0.742. The number of carbonyl (C=O) groups is 4. The van der Waals surface area contributed by atoms with E-state index in [1.165, 1.54) is 24.3 Å². The van der Waals surface area contributed by atoms with Gasteiger partial charge in [0.05, 0.1) is 23.2 Å². The van der Waals surface area contributed by atoms with Gasteiger partial charge in [0.25, 0.3) is 11.8 Å². The van der Waals surface area contributed by atoms with Gasteiger partial charge in [-0.25, -0.2) is 9.59 Å². The molecule has 70 heavy (non-hydrogen) atoms. The van der Waals surface area contributed by atoms with E-state index in [1.807, 2.05) is 58.3 Å². The second-order valence-electron chi connectivity index (χ2n) is 18.1. The lowest BCUT2D eigenvalue weighted by molar-refractivity contribution is -0.198. The normalized spacial score (nSPS) is 19.7. The van der Waals surface area contributed by atoms with Crippen molar-refractivity contribution in [1.29, 1.82) is 0 Å². The summed E-state index contributed by atoms with van der Waals surface area (Å²) in [6.45, 7) is 7.24. The predicted octanol–water partition coefficient (Wildman–Crippen LogP) is 8.73. The maximum atomic E-state index is 13.2. The number of anilines is 2. The van der Waals surface area contributed by atoms with E-state index in [-0.39, 0.29) is 24.7 Å². The Kier molecular flexibility index (Phi) is 15.8. The quantitative estimate of drug-likeness (QED) is 0.0800. The minimum atomic E-state index is -4.38. The maximum Gasteiger partial charge on any atom is 0.416 e. The van der Waals surface area contributed by atoms with Crippen molar-refractivity contribution in [2.45, 2.75) is 75.8 Å². The lowest BCUT2D eigenvalue weighted by Crippen LogP contribution is -2.46. The van der Waals surface area contributed by atoms with Crippen molar-refractivity contribution >= 4 is 35.1 Å². The Labute approximate surface area is 402 Å². The van der Waals surface area contributed by atoms with E-state index < -0.39 is 47.5 Å². The van der Waals surface area contributed by atoms with Gasteiger partial charge in [0.1, 0.15) is 0 Å². The van der Waals surface area contributed by atoms with E-state index in [0.717, 1.165) is 122 Å². The van der Waals surface area contributed by atoms with Crippen molar-refractivity contribution in [1.82, 2.24) is 19.9 Å². The number of aryl methyl sites for hydroxylation is 2. The van der Waals surface area contributed by atoms with Gasteiger partial charge in [-0.05, 0) is 110 Å². The van der Waals surface area contributed by atoms with Crippen molar-refractivity contribution in [3.63, 3.8) is 0 Å². The Morgan fingerprint density at radius 1 is 0.529 bits per heavy atom. The molecule has 0 saturated carbocycles. The number of halogens is 6. The van der Waals surface area contributed by atoms with Crippen molar-refractivity contribution < 1.29 is 55.2 Å². The summed E-state index contributed by atoms with van der Waals surface area (Å²) in [5, 5.41) is 2.06. The first-order valence-corrected chi connectivity index (χ1v) is 23.8. The largest absolute Gasteiger partial charge is 0.416 e. The van der Waals surface area contributed by atoms with Gasteiger partial charge in [-0.15, -0.1) is 0 Å². The first kappa shape index (κ1) is 50.0. The number of rotatable bonds is 16. The molecule has 4 aromatic rings. The smallest absolute Gasteiger partial charge is 0.369 e. The lowest BCUT2D eigenvalue weighted by atomic mass is 10.0. The van der Waals surface area contributed by atoms with Crippen molar-refractivity contribution in [2.24, 2.45) is 0 Å². The van der Waals surface area contributed by atoms with Crippen LogP contribution < -0.4 is 9.80 Å². The molecular formula is C52H56F6N6O6. The third-order valence-corrected chi connectivity index (χ3v) is 13.5. The molecule has 0 spiro atoms. The summed E-state index contributed by atoms with van der Waals surface area (Å²) in [5.41, 5.74) is 3.62. The van der Waals surface area contributed by atoms with Gasteiger partial charge in [-0.3, -0.25) is 19.4 Å². The van der Waals surface area contributed by atoms with Gasteiger partial charge in [0.2, 0.25) is 0 Å². The number of hydroxylamine groups is 4. The number of piperazine rings is 2. The van der Waals surface area contributed by atoms with Crippen LogP contribution in [0.15, 0.2) is 109 Å². The summed E-state index contributed by atoms with van der Waals surface area (Å²) < 4.78 is 79.2. The summed E-state index contributed by atoms with van der Waals surface area (Å²) in [5.74, 6) is -2.67. The van der Waals surface area contributed by atoms with Gasteiger partial charge in [-0.2, -0.15) is 36.5 Å². The molecule has 372 valence electrons. The van der Waals surface area contributed by atoms with Crippen LogP contribution in [0.1, 0.15) is 84.0 Å². The Morgan fingerprint density at radius 2 is 0.900 bits per heavy atom. The van der Waals surface area contributed by atoms with E-state index >= 15 is 0 Å². The summed E-state index contributed by atoms with van der Waals surface area (Å²) in [4.78, 5) is 70.8. The van der Waals surface area contributed by atoms with Crippen LogP contribution in [-0.4, -0.2) is 109 Å². The maximum absolute atomic E-state index is 13.2. The molecule has 4 aliphatic heterocycles. The van der Waals surface area contributed by atoms with Crippen LogP contribution in [-0.2, 0) is 54.0 Å². The Hall–Kier alpha value is -6.40. The molecule has 18 heteroatoms. The van der Waals surface area contributed by atoms with E-state index in [0.29, 0.717) is 50.4 Å². The third kappa shape index (κ3) is 12.9. The van der Waals surface area contributed by atoms with E-state index in [1.54, 1.807) is 12.1 Å². The number of carbonyl (C=O) groups excluding carboxylic acids is 4. The van der Waals surface area contributed by atoms with Crippen LogP contribution in [0.4, 0.5) is 37.7 Å². The molecule has 0 bridgehead atoms. The number of benzene rings is 4. The average Bonchev–Trinajstić information content (AvgIpc) is 3.91. The van der Waals surface area contributed by atoms with Crippen LogP contribution in [0.2, 0.25) is 0 Å². The molecule has 12 nitrogen and oxygen atoms in total. The molecule has 2 unspecified atom stereocenters. The third-order valence-electron chi connectivity index (χ3n) is 13.5. The highest BCUT2D eigenvalue weighted by Gasteiger charge is 2.37. The molecule has 0 radical (unpaired) electrons. The van der Waals surface area contributed by atoms with Crippen LogP contribution in [0.25, 0.3) is 0 Å². The molecule has 8 rings (SSSR count). The summed E-state index contributed by atoms with van der Waals surface area (Å²) >= 11 is 0. The molecule has 2 amide bonds. The summed E-state index contributed by atoms with van der Waals surface area (Å²) in [6.07, 6.45) is -2.47. The van der Waals surface area contributed by atoms with Gasteiger partial charge >= 0.3 is 24.3 Å². The Morgan fingerprint density at radius 3 is 1.26 bits per heavy atom. The highest BCUT2D eigenvalue weighted by atomic mass is 19.4. The fourth-order valence-corrected chi connectivity index (χ4v) is 9.59. The molecule has 0 N–H and O–H groups in total. The Bertz CT molecular complexity index is 2320. The van der Waals surface area contributed by atoms with Gasteiger partial charge < -0.3 is 19.5 Å². The summed E-state index contributed by atoms with van der Waals surface area (Å²) in [6, 6.07) is 25.4. The zero-order valence-electron chi connectivity index (χ0n) is 38.7. The monoisotopic (exact) mass is 974 g/mol. The molecule has 4 aliphatic rings. The molecule has 4 saturated heterocycles. The molecule has 0 aliphatic carbocycles. The van der Waals surface area contributed by atoms with Crippen LogP contribution in [0, 0.1) is 0 Å². The van der Waals surface area contributed by atoms with Crippen LogP contribution >= 0.6 is 0 Å². The van der Waals surface area contributed by atoms with Crippen molar-refractivity contribution in [3.8, 4) is 0 Å². The zero-order chi connectivity index (χ0) is 49.4. The number of hydrogen-bond donors (Lipinski definition) is 0. The van der Waals surface area contributed by atoms with E-state index in [4.69, 9.17) is 9.68 Å². The highest BCUT2D eigenvalue weighted by Crippen LogP contribution is 2.36. The van der Waals surface area contributed by atoms with Gasteiger partial charge in [0, 0.05) is 88.7 Å². The zero-order valence-corrected chi connectivity index (χ0v) is 38.7. The number of alkyl halides is 6. The first-order chi connectivity index (χ1) is 33.6. The molecule has 0 aromatic heterocycles. The fourth-order valence-electron chi connectivity index (χ4n) is 9.59. The lowest BCUT2D eigenvalue weighted by Gasteiger charge is -2.36. The molecule has 2 atom stereocenters. The minimum absolute atomic E-state index is 0.168. The second-order valence-corrected chi connectivity index (χ2v) is 18.1. The SMILES string of the molecule is O=C(/C=C/C(=O)ON1C(=O)CCC1c1ccc(CCCN2CCN(c3cccc(C(F)(F)F)c3)CC2)cc1)ON1C(=O)CCC1c1ccc(CCCN2CCN(c3cccc(C(F)(F)F)c3)CC2)cc1. The molecular weight excluding hydrogens is 919 g/mol.